The van der Waals surface area contributed by atoms with Gasteiger partial charge in [-0.1, -0.05) is 0 Å². The molecule has 0 spiro atoms. The van der Waals surface area contributed by atoms with Crippen molar-refractivity contribution in [2.45, 2.75) is 17.7 Å². The number of ether oxygens (including phenoxy) is 1. The summed E-state index contributed by atoms with van der Waals surface area (Å²) >= 11 is 0. The van der Waals surface area contributed by atoms with Crippen molar-refractivity contribution < 1.29 is 13.2 Å². The molecule has 1 saturated heterocycles. The second-order valence-corrected chi connectivity index (χ2v) is 7.27. The number of methoxy groups -OCH3 is 1. The van der Waals surface area contributed by atoms with Gasteiger partial charge in [0.2, 0.25) is 10.0 Å². The Morgan fingerprint density at radius 1 is 1.48 bits per heavy atom. The molecule has 1 unspecified atom stereocenters. The number of nitrogens with zero attached hydrogens (tertiary/aromatic N) is 1. The summed E-state index contributed by atoms with van der Waals surface area (Å²) in [6, 6.07) is 4.61. The minimum atomic E-state index is -3.62. The lowest BCUT2D eigenvalue weighted by Gasteiger charge is -2.29. The molecule has 0 saturated carbocycles. The molecule has 0 aliphatic carbocycles. The summed E-state index contributed by atoms with van der Waals surface area (Å²) in [5.74, 6) is 0.642. The van der Waals surface area contributed by atoms with Crippen LogP contribution in [0.4, 0.5) is 5.69 Å². The van der Waals surface area contributed by atoms with Gasteiger partial charge >= 0.3 is 0 Å². The van der Waals surface area contributed by atoms with Crippen LogP contribution in [0.3, 0.4) is 0 Å². The van der Waals surface area contributed by atoms with Crippen molar-refractivity contribution in [3.8, 4) is 5.75 Å². The Labute approximate surface area is 126 Å². The summed E-state index contributed by atoms with van der Waals surface area (Å²) in [5.41, 5.74) is 6.08. The van der Waals surface area contributed by atoms with E-state index in [-0.39, 0.29) is 4.90 Å². The van der Waals surface area contributed by atoms with E-state index in [0.29, 0.717) is 23.9 Å². The predicted octanol–water partition coefficient (Wildman–Crippen LogP) is 0.898. The Bertz CT molecular complexity index is 589. The Balaban J connectivity index is 2.09. The molecular formula is C14H23N3O3S. The summed E-state index contributed by atoms with van der Waals surface area (Å²) in [6.07, 6.45) is 2.14. The van der Waals surface area contributed by atoms with Gasteiger partial charge in [0, 0.05) is 18.8 Å². The van der Waals surface area contributed by atoms with Crippen LogP contribution < -0.4 is 15.2 Å². The standard InChI is InChI=1S/C14H23N3O3S/c1-17-7-3-4-11(10-17)9-16-21(18,19)14-8-12(15)5-6-13(14)20-2/h5-6,8,11,16H,3-4,7,9-10,15H2,1-2H3. The molecule has 7 heteroatoms. The molecule has 21 heavy (non-hydrogen) atoms. The molecule has 0 aromatic heterocycles. The summed E-state index contributed by atoms with van der Waals surface area (Å²) in [4.78, 5) is 2.32. The van der Waals surface area contributed by atoms with Gasteiger partial charge in [-0.3, -0.25) is 0 Å². The van der Waals surface area contributed by atoms with Gasteiger partial charge < -0.3 is 15.4 Å². The molecule has 1 aliphatic heterocycles. The van der Waals surface area contributed by atoms with E-state index in [1.807, 2.05) is 0 Å². The number of nitrogens with two attached hydrogens (primary N) is 1. The Hall–Kier alpha value is -1.31. The zero-order valence-electron chi connectivity index (χ0n) is 12.5. The van der Waals surface area contributed by atoms with Crippen molar-refractivity contribution >= 4 is 15.7 Å². The maximum absolute atomic E-state index is 12.4. The highest BCUT2D eigenvalue weighted by Gasteiger charge is 2.23. The van der Waals surface area contributed by atoms with Gasteiger partial charge in [0.15, 0.2) is 0 Å². The molecular weight excluding hydrogens is 290 g/mol. The fraction of sp³-hybridized carbons (Fsp3) is 0.571. The molecule has 1 atom stereocenters. The van der Waals surface area contributed by atoms with E-state index in [9.17, 15) is 8.42 Å². The number of nitrogens with one attached hydrogen (secondary N) is 1. The highest BCUT2D eigenvalue weighted by molar-refractivity contribution is 7.89. The molecule has 1 aliphatic rings. The third-order valence-electron chi connectivity index (χ3n) is 3.76. The zero-order valence-corrected chi connectivity index (χ0v) is 13.3. The molecule has 2 rings (SSSR count). The zero-order chi connectivity index (χ0) is 15.5. The van der Waals surface area contributed by atoms with E-state index in [1.165, 1.54) is 13.2 Å². The largest absolute Gasteiger partial charge is 0.495 e. The number of rotatable bonds is 5. The maximum Gasteiger partial charge on any atom is 0.244 e. The van der Waals surface area contributed by atoms with Crippen molar-refractivity contribution in [3.05, 3.63) is 18.2 Å². The average Bonchev–Trinajstić information content (AvgIpc) is 2.45. The molecule has 0 amide bonds. The average molecular weight is 313 g/mol. The Morgan fingerprint density at radius 3 is 2.90 bits per heavy atom. The molecule has 6 nitrogen and oxygen atoms in total. The number of likely N-dealkylation sites (tertiary alicyclic amines) is 1. The van der Waals surface area contributed by atoms with E-state index in [1.54, 1.807) is 12.1 Å². The highest BCUT2D eigenvalue weighted by atomic mass is 32.2. The third kappa shape index (κ3) is 4.09. The van der Waals surface area contributed by atoms with Crippen molar-refractivity contribution in [1.29, 1.82) is 0 Å². The van der Waals surface area contributed by atoms with E-state index in [0.717, 1.165) is 25.9 Å². The first-order valence-corrected chi connectivity index (χ1v) is 8.52. The maximum atomic E-state index is 12.4. The van der Waals surface area contributed by atoms with Gasteiger partial charge in [-0.2, -0.15) is 0 Å². The molecule has 3 N–H and O–H groups in total. The lowest BCUT2D eigenvalue weighted by Crippen LogP contribution is -2.39. The minimum Gasteiger partial charge on any atom is -0.495 e. The Morgan fingerprint density at radius 2 is 2.24 bits per heavy atom. The van der Waals surface area contributed by atoms with Crippen molar-refractivity contribution in [2.75, 3.05) is 39.5 Å². The van der Waals surface area contributed by atoms with Crippen molar-refractivity contribution in [1.82, 2.24) is 9.62 Å². The molecule has 118 valence electrons. The number of hydrogen-bond donors (Lipinski definition) is 2. The summed E-state index contributed by atoms with van der Waals surface area (Å²) in [6.45, 7) is 2.42. The number of sulfonamides is 1. The minimum absolute atomic E-state index is 0.0918. The molecule has 1 fully saturated rings. The van der Waals surface area contributed by atoms with Crippen LogP contribution in [0.15, 0.2) is 23.1 Å². The second kappa shape index (κ2) is 6.64. The molecule has 0 bridgehead atoms. The topological polar surface area (TPSA) is 84.7 Å². The second-order valence-electron chi connectivity index (χ2n) is 5.53. The fourth-order valence-corrected chi connectivity index (χ4v) is 3.97. The smallest absolute Gasteiger partial charge is 0.244 e. The van der Waals surface area contributed by atoms with Crippen LogP contribution in [-0.4, -0.2) is 47.1 Å². The third-order valence-corrected chi connectivity index (χ3v) is 5.21. The predicted molar refractivity (Wildman–Crippen MR) is 82.8 cm³/mol. The van der Waals surface area contributed by atoms with E-state index in [4.69, 9.17) is 10.5 Å². The number of nitrogen functional groups attached to an aromatic ring is 1. The molecule has 1 heterocycles. The first kappa shape index (κ1) is 16.1. The van der Waals surface area contributed by atoms with Crippen LogP contribution >= 0.6 is 0 Å². The lowest BCUT2D eigenvalue weighted by atomic mass is 9.99. The highest BCUT2D eigenvalue weighted by Crippen LogP contribution is 2.26. The van der Waals surface area contributed by atoms with E-state index >= 15 is 0 Å². The van der Waals surface area contributed by atoms with Crippen LogP contribution in [0.2, 0.25) is 0 Å². The van der Waals surface area contributed by atoms with E-state index < -0.39 is 10.0 Å². The summed E-state index contributed by atoms with van der Waals surface area (Å²) in [7, 11) is -0.114. The van der Waals surface area contributed by atoms with Gasteiger partial charge in [0.25, 0.3) is 0 Å². The molecule has 0 radical (unpaired) electrons. The summed E-state index contributed by atoms with van der Waals surface area (Å²) < 4.78 is 32.6. The molecule has 1 aromatic carbocycles. The van der Waals surface area contributed by atoms with Gasteiger partial charge in [0.1, 0.15) is 10.6 Å². The summed E-state index contributed by atoms with van der Waals surface area (Å²) in [5, 5.41) is 0. The first-order valence-electron chi connectivity index (χ1n) is 7.04. The van der Waals surface area contributed by atoms with Gasteiger partial charge in [-0.15, -0.1) is 0 Å². The monoisotopic (exact) mass is 313 g/mol. The van der Waals surface area contributed by atoms with Crippen molar-refractivity contribution in [3.63, 3.8) is 0 Å². The fourth-order valence-electron chi connectivity index (χ4n) is 2.65. The number of piperidine rings is 1. The van der Waals surface area contributed by atoms with Crippen LogP contribution in [-0.2, 0) is 10.0 Å². The normalized spacial score (nSPS) is 20.4. The lowest BCUT2D eigenvalue weighted by molar-refractivity contribution is 0.211. The van der Waals surface area contributed by atoms with Gasteiger partial charge in [-0.25, -0.2) is 13.1 Å². The van der Waals surface area contributed by atoms with Crippen LogP contribution in [0.25, 0.3) is 0 Å². The van der Waals surface area contributed by atoms with E-state index in [2.05, 4.69) is 16.7 Å². The number of hydrogen-bond acceptors (Lipinski definition) is 5. The number of anilines is 1. The van der Waals surface area contributed by atoms with Crippen LogP contribution in [0.1, 0.15) is 12.8 Å². The first-order chi connectivity index (χ1) is 9.92. The Kier molecular flexibility index (Phi) is 5.08. The van der Waals surface area contributed by atoms with Crippen LogP contribution in [0, 0.1) is 5.92 Å². The van der Waals surface area contributed by atoms with Gasteiger partial charge in [-0.05, 0) is 50.6 Å². The number of benzene rings is 1. The van der Waals surface area contributed by atoms with Crippen molar-refractivity contribution in [2.24, 2.45) is 5.92 Å². The van der Waals surface area contributed by atoms with Gasteiger partial charge in [0.05, 0.1) is 7.11 Å². The SMILES string of the molecule is COc1ccc(N)cc1S(=O)(=O)NCC1CCCN(C)C1. The van der Waals surface area contributed by atoms with Crippen LogP contribution in [0.5, 0.6) is 5.75 Å². The quantitative estimate of drug-likeness (QED) is 0.789. The molecule has 1 aromatic rings.